The molecule has 1 aromatic carbocycles. The van der Waals surface area contributed by atoms with Crippen LogP contribution < -0.4 is 10.6 Å². The van der Waals surface area contributed by atoms with E-state index < -0.39 is 0 Å². The summed E-state index contributed by atoms with van der Waals surface area (Å²) in [7, 11) is 0. The Hall–Kier alpha value is -1.99. The fraction of sp³-hybridized carbons (Fsp3) is 0.474. The number of benzene rings is 1. The first-order chi connectivity index (χ1) is 12.6. The lowest BCUT2D eigenvalue weighted by atomic mass is 10.1. The summed E-state index contributed by atoms with van der Waals surface area (Å²) in [6, 6.07) is 9.64. The highest BCUT2D eigenvalue weighted by molar-refractivity contribution is 7.99. The van der Waals surface area contributed by atoms with E-state index in [0.717, 1.165) is 24.3 Å². The number of aryl methyl sites for hydroxylation is 1. The maximum atomic E-state index is 12.2. The molecule has 0 saturated carbocycles. The molecule has 7 heteroatoms. The summed E-state index contributed by atoms with van der Waals surface area (Å²) in [4.78, 5) is 14.7. The quantitative estimate of drug-likeness (QED) is 0.776. The van der Waals surface area contributed by atoms with Gasteiger partial charge in [-0.25, -0.2) is 0 Å². The number of hydrogen-bond donors (Lipinski definition) is 2. The van der Waals surface area contributed by atoms with E-state index in [4.69, 9.17) is 4.52 Å². The Labute approximate surface area is 158 Å². The first kappa shape index (κ1) is 18.8. The van der Waals surface area contributed by atoms with Crippen molar-refractivity contribution >= 4 is 29.2 Å². The Balaban J connectivity index is 1.46. The molecule has 1 amide bonds. The molecule has 1 fully saturated rings. The van der Waals surface area contributed by atoms with Crippen molar-refractivity contribution in [2.75, 3.05) is 41.8 Å². The minimum absolute atomic E-state index is 0.159. The van der Waals surface area contributed by atoms with E-state index in [1.54, 1.807) is 6.07 Å². The van der Waals surface area contributed by atoms with Crippen LogP contribution in [-0.4, -0.2) is 53.1 Å². The van der Waals surface area contributed by atoms with Gasteiger partial charge in [0.1, 0.15) is 6.04 Å². The van der Waals surface area contributed by atoms with Crippen LogP contribution in [0.1, 0.15) is 18.2 Å². The van der Waals surface area contributed by atoms with Crippen LogP contribution in [0.15, 0.2) is 34.9 Å². The van der Waals surface area contributed by atoms with Gasteiger partial charge in [-0.1, -0.05) is 17.3 Å². The van der Waals surface area contributed by atoms with Gasteiger partial charge in [0.2, 0.25) is 11.8 Å². The normalized spacial score (nSPS) is 16.2. The Bertz CT molecular complexity index is 711. The number of rotatable bonds is 7. The minimum atomic E-state index is -0.378. The first-order valence-electron chi connectivity index (χ1n) is 9.00. The van der Waals surface area contributed by atoms with Crippen LogP contribution in [-0.2, 0) is 11.2 Å². The highest BCUT2D eigenvalue weighted by Gasteiger charge is 2.15. The topological polar surface area (TPSA) is 70.4 Å². The van der Waals surface area contributed by atoms with Crippen molar-refractivity contribution in [1.29, 1.82) is 0 Å². The summed E-state index contributed by atoms with van der Waals surface area (Å²) in [6.45, 7) is 7.14. The van der Waals surface area contributed by atoms with E-state index in [2.05, 4.69) is 32.8 Å². The molecule has 140 valence electrons. The van der Waals surface area contributed by atoms with Gasteiger partial charge in [-0.2, -0.15) is 11.8 Å². The lowest BCUT2D eigenvalue weighted by molar-refractivity contribution is -0.116. The van der Waals surface area contributed by atoms with Crippen molar-refractivity contribution in [3.05, 3.63) is 41.6 Å². The summed E-state index contributed by atoms with van der Waals surface area (Å²) in [5.41, 5.74) is 2.99. The van der Waals surface area contributed by atoms with Crippen molar-refractivity contribution in [2.45, 2.75) is 26.3 Å². The number of aromatic nitrogens is 1. The van der Waals surface area contributed by atoms with Gasteiger partial charge in [-0.15, -0.1) is 0 Å². The van der Waals surface area contributed by atoms with E-state index in [1.165, 1.54) is 30.2 Å². The monoisotopic (exact) mass is 374 g/mol. The highest BCUT2D eigenvalue weighted by atomic mass is 32.2. The molecular weight excluding hydrogens is 348 g/mol. The van der Waals surface area contributed by atoms with Crippen LogP contribution in [0.3, 0.4) is 0 Å². The summed E-state index contributed by atoms with van der Waals surface area (Å²) >= 11 is 2.04. The number of anilines is 2. The SMILES string of the molecule is Cc1cc(NC(=O)C(C)Nc2ccc(CCN3CCSCC3)cc2)on1. The zero-order valence-electron chi connectivity index (χ0n) is 15.3. The third-order valence-electron chi connectivity index (χ3n) is 4.43. The molecule has 1 aliphatic rings. The number of carbonyl (C=O) groups excluding carboxylic acids is 1. The average molecular weight is 375 g/mol. The molecule has 0 spiro atoms. The van der Waals surface area contributed by atoms with Gasteiger partial charge in [0, 0.05) is 42.9 Å². The van der Waals surface area contributed by atoms with Crippen LogP contribution in [0, 0.1) is 6.92 Å². The zero-order valence-corrected chi connectivity index (χ0v) is 16.1. The molecular formula is C19H26N4O2S. The minimum Gasteiger partial charge on any atom is -0.374 e. The van der Waals surface area contributed by atoms with Crippen LogP contribution in [0.5, 0.6) is 0 Å². The van der Waals surface area contributed by atoms with E-state index in [1.807, 2.05) is 37.7 Å². The standard InChI is InChI=1S/C19H26N4O2S/c1-14-13-18(25-22-14)21-19(24)15(2)20-17-5-3-16(4-6-17)7-8-23-9-11-26-12-10-23/h3-6,13,15,20H,7-12H2,1-2H3,(H,21,24). The van der Waals surface area contributed by atoms with Crippen molar-refractivity contribution < 1.29 is 9.32 Å². The number of hydrogen-bond acceptors (Lipinski definition) is 6. The number of carbonyl (C=O) groups is 1. The predicted octanol–water partition coefficient (Wildman–Crippen LogP) is 3.01. The molecule has 1 unspecified atom stereocenters. The lowest BCUT2D eigenvalue weighted by Gasteiger charge is -2.26. The van der Waals surface area contributed by atoms with Crippen molar-refractivity contribution in [1.82, 2.24) is 10.1 Å². The van der Waals surface area contributed by atoms with Gasteiger partial charge in [-0.3, -0.25) is 10.1 Å². The second-order valence-corrected chi connectivity index (χ2v) is 7.81. The molecule has 1 saturated heterocycles. The van der Waals surface area contributed by atoms with Crippen molar-refractivity contribution in [2.24, 2.45) is 0 Å². The number of nitrogens with zero attached hydrogens (tertiary/aromatic N) is 2. The molecule has 2 aromatic rings. The third kappa shape index (κ3) is 5.51. The summed E-state index contributed by atoms with van der Waals surface area (Å²) in [5, 5.41) is 9.69. The zero-order chi connectivity index (χ0) is 18.4. The lowest BCUT2D eigenvalue weighted by Crippen LogP contribution is -2.34. The van der Waals surface area contributed by atoms with E-state index in [-0.39, 0.29) is 11.9 Å². The van der Waals surface area contributed by atoms with Gasteiger partial charge >= 0.3 is 0 Å². The van der Waals surface area contributed by atoms with Gasteiger partial charge in [0.25, 0.3) is 0 Å². The fourth-order valence-corrected chi connectivity index (χ4v) is 3.83. The van der Waals surface area contributed by atoms with Crippen molar-refractivity contribution in [3.8, 4) is 0 Å². The largest absolute Gasteiger partial charge is 0.374 e. The summed E-state index contributed by atoms with van der Waals surface area (Å²) < 4.78 is 5.01. The molecule has 0 bridgehead atoms. The molecule has 1 aliphatic heterocycles. The maximum absolute atomic E-state index is 12.2. The van der Waals surface area contributed by atoms with Gasteiger partial charge in [-0.05, 0) is 38.0 Å². The first-order valence-corrected chi connectivity index (χ1v) is 10.2. The van der Waals surface area contributed by atoms with Gasteiger partial charge in [0.15, 0.2) is 0 Å². The second-order valence-electron chi connectivity index (χ2n) is 6.59. The molecule has 6 nitrogen and oxygen atoms in total. The number of thioether (sulfide) groups is 1. The summed E-state index contributed by atoms with van der Waals surface area (Å²) in [6.07, 6.45) is 1.06. The Morgan fingerprint density at radius 2 is 2.04 bits per heavy atom. The fourth-order valence-electron chi connectivity index (χ4n) is 2.85. The molecule has 0 aliphatic carbocycles. The molecule has 1 atom stereocenters. The van der Waals surface area contributed by atoms with E-state index in [9.17, 15) is 4.79 Å². The predicted molar refractivity (Wildman–Crippen MR) is 107 cm³/mol. The van der Waals surface area contributed by atoms with Crippen LogP contribution in [0.25, 0.3) is 0 Å². The third-order valence-corrected chi connectivity index (χ3v) is 5.37. The molecule has 2 heterocycles. The van der Waals surface area contributed by atoms with Crippen LogP contribution in [0.2, 0.25) is 0 Å². The molecule has 26 heavy (non-hydrogen) atoms. The molecule has 0 radical (unpaired) electrons. The van der Waals surface area contributed by atoms with E-state index >= 15 is 0 Å². The maximum Gasteiger partial charge on any atom is 0.248 e. The molecule has 3 rings (SSSR count). The highest BCUT2D eigenvalue weighted by Crippen LogP contribution is 2.15. The number of amides is 1. The smallest absolute Gasteiger partial charge is 0.248 e. The Morgan fingerprint density at radius 3 is 2.69 bits per heavy atom. The molecule has 1 aromatic heterocycles. The Kier molecular flexibility index (Phi) is 6.57. The van der Waals surface area contributed by atoms with Crippen molar-refractivity contribution in [3.63, 3.8) is 0 Å². The van der Waals surface area contributed by atoms with Gasteiger partial charge < -0.3 is 14.7 Å². The van der Waals surface area contributed by atoms with Crippen LogP contribution >= 0.6 is 11.8 Å². The van der Waals surface area contributed by atoms with Gasteiger partial charge in [0.05, 0.1) is 5.69 Å². The van der Waals surface area contributed by atoms with Crippen LogP contribution in [0.4, 0.5) is 11.6 Å². The second kappa shape index (κ2) is 9.09. The van der Waals surface area contributed by atoms with E-state index in [0.29, 0.717) is 5.88 Å². The average Bonchev–Trinajstić information content (AvgIpc) is 3.06. The Morgan fingerprint density at radius 1 is 1.31 bits per heavy atom. The number of nitrogens with one attached hydrogen (secondary N) is 2. The molecule has 2 N–H and O–H groups in total. The summed E-state index contributed by atoms with van der Waals surface area (Å²) in [5.74, 6) is 2.70.